The molecule has 0 aliphatic carbocycles. The first-order valence-corrected chi connectivity index (χ1v) is 11.1. The number of likely N-dealkylation sites (tertiary alicyclic amines) is 2. The molecule has 4 aliphatic rings. The normalized spacial score (nSPS) is 33.4. The van der Waals surface area contributed by atoms with Crippen LogP contribution in [-0.4, -0.2) is 51.4 Å². The van der Waals surface area contributed by atoms with Crippen molar-refractivity contribution in [1.29, 1.82) is 0 Å². The third-order valence-electron chi connectivity index (χ3n) is 7.28. The van der Waals surface area contributed by atoms with Crippen molar-refractivity contribution in [2.75, 3.05) is 13.1 Å². The first-order valence-electron chi connectivity index (χ1n) is 11.1. The Hall–Kier alpha value is -2.99. The van der Waals surface area contributed by atoms with Crippen molar-refractivity contribution >= 4 is 11.8 Å². The number of carbonyl (C=O) groups is 2. The standard InChI is InChI=1S/C25H25N3O3/c29-23(28-13-5-9-19(28)18-7-2-1-3-8-18)21-20-10-11-25(31-20)16-27(24(30)22(21)25)15-17-6-4-12-26-14-17/h1-4,6-8,10-12,14,19-22H,5,9,13,15-16H2/t19-,20+,21-,22-,25+/m1/s1. The summed E-state index contributed by atoms with van der Waals surface area (Å²) in [5, 5.41) is 0. The fourth-order valence-electron chi connectivity index (χ4n) is 5.95. The second-order valence-corrected chi connectivity index (χ2v) is 9.06. The Morgan fingerprint density at radius 1 is 1.19 bits per heavy atom. The van der Waals surface area contributed by atoms with E-state index >= 15 is 0 Å². The van der Waals surface area contributed by atoms with Gasteiger partial charge in [-0.25, -0.2) is 0 Å². The number of pyridine rings is 1. The number of aromatic nitrogens is 1. The minimum atomic E-state index is -0.674. The van der Waals surface area contributed by atoms with E-state index in [1.54, 1.807) is 12.4 Å². The van der Waals surface area contributed by atoms with Crippen LogP contribution in [0, 0.1) is 11.8 Å². The van der Waals surface area contributed by atoms with Gasteiger partial charge in [0.15, 0.2) is 0 Å². The van der Waals surface area contributed by atoms with Gasteiger partial charge >= 0.3 is 0 Å². The zero-order chi connectivity index (χ0) is 21.0. The molecule has 2 aromatic rings. The molecule has 31 heavy (non-hydrogen) atoms. The second-order valence-electron chi connectivity index (χ2n) is 9.06. The summed E-state index contributed by atoms with van der Waals surface area (Å²) in [6.07, 6.45) is 9.16. The first-order chi connectivity index (χ1) is 15.2. The topological polar surface area (TPSA) is 62.7 Å². The summed E-state index contributed by atoms with van der Waals surface area (Å²) in [6, 6.07) is 14.1. The lowest BCUT2D eigenvalue weighted by Gasteiger charge is -2.31. The van der Waals surface area contributed by atoms with Gasteiger partial charge in [-0.1, -0.05) is 48.6 Å². The molecule has 1 aromatic heterocycles. The molecule has 1 spiro atoms. The third kappa shape index (κ3) is 2.85. The van der Waals surface area contributed by atoms with Gasteiger partial charge in [-0.3, -0.25) is 14.6 Å². The van der Waals surface area contributed by atoms with Crippen LogP contribution in [0.25, 0.3) is 0 Å². The number of hydrogen-bond acceptors (Lipinski definition) is 4. The molecule has 4 aliphatic heterocycles. The Bertz CT molecular complexity index is 1040. The average Bonchev–Trinajstić information content (AvgIpc) is 3.56. The highest BCUT2D eigenvalue weighted by Gasteiger charge is 2.67. The quantitative estimate of drug-likeness (QED) is 0.721. The highest BCUT2D eigenvalue weighted by Crippen LogP contribution is 2.53. The number of hydrogen-bond donors (Lipinski definition) is 0. The molecule has 6 heteroatoms. The Balaban J connectivity index is 1.27. The number of fused-ring (bicyclic) bond motifs is 1. The van der Waals surface area contributed by atoms with Gasteiger partial charge in [0.1, 0.15) is 5.60 Å². The maximum Gasteiger partial charge on any atom is 0.230 e. The van der Waals surface area contributed by atoms with E-state index in [1.807, 2.05) is 52.3 Å². The summed E-state index contributed by atoms with van der Waals surface area (Å²) >= 11 is 0. The van der Waals surface area contributed by atoms with Crippen LogP contribution in [0.5, 0.6) is 0 Å². The van der Waals surface area contributed by atoms with Gasteiger partial charge in [0.25, 0.3) is 0 Å². The molecule has 0 unspecified atom stereocenters. The predicted octanol–water partition coefficient (Wildman–Crippen LogP) is 2.73. The summed E-state index contributed by atoms with van der Waals surface area (Å²) in [6.45, 7) is 1.72. The molecular formula is C25H25N3O3. The monoisotopic (exact) mass is 415 g/mol. The van der Waals surface area contributed by atoms with E-state index in [2.05, 4.69) is 17.1 Å². The Morgan fingerprint density at radius 3 is 2.87 bits per heavy atom. The highest BCUT2D eigenvalue weighted by molar-refractivity contribution is 5.93. The Labute approximate surface area is 181 Å². The molecule has 6 nitrogen and oxygen atoms in total. The minimum Gasteiger partial charge on any atom is -0.360 e. The van der Waals surface area contributed by atoms with Crippen molar-refractivity contribution < 1.29 is 14.3 Å². The average molecular weight is 415 g/mol. The molecule has 5 atom stereocenters. The molecule has 2 bridgehead atoms. The zero-order valence-electron chi connectivity index (χ0n) is 17.3. The molecule has 3 saturated heterocycles. The number of carbonyl (C=O) groups excluding carboxylic acids is 2. The van der Waals surface area contributed by atoms with Crippen LogP contribution in [0.4, 0.5) is 0 Å². The summed E-state index contributed by atoms with van der Waals surface area (Å²) < 4.78 is 6.32. The fourth-order valence-corrected chi connectivity index (χ4v) is 5.95. The van der Waals surface area contributed by atoms with Crippen LogP contribution in [-0.2, 0) is 20.9 Å². The third-order valence-corrected chi connectivity index (χ3v) is 7.28. The van der Waals surface area contributed by atoms with E-state index in [-0.39, 0.29) is 24.0 Å². The maximum absolute atomic E-state index is 13.8. The summed E-state index contributed by atoms with van der Waals surface area (Å²) in [5.41, 5.74) is 1.47. The fraction of sp³-hybridized carbons (Fsp3) is 0.400. The largest absolute Gasteiger partial charge is 0.360 e. The number of ether oxygens (including phenoxy) is 1. The lowest BCUT2D eigenvalue weighted by Crippen LogP contribution is -2.45. The van der Waals surface area contributed by atoms with Crippen molar-refractivity contribution in [1.82, 2.24) is 14.8 Å². The summed E-state index contributed by atoms with van der Waals surface area (Å²) in [4.78, 5) is 35.3. The lowest BCUT2D eigenvalue weighted by molar-refractivity contribution is -0.144. The second kappa shape index (κ2) is 7.02. The van der Waals surface area contributed by atoms with Gasteiger partial charge in [0.2, 0.25) is 11.8 Å². The van der Waals surface area contributed by atoms with Crippen molar-refractivity contribution in [3.8, 4) is 0 Å². The van der Waals surface area contributed by atoms with E-state index < -0.39 is 17.4 Å². The lowest BCUT2D eigenvalue weighted by atomic mass is 9.76. The van der Waals surface area contributed by atoms with Gasteiger partial charge in [0, 0.05) is 25.5 Å². The summed E-state index contributed by atoms with van der Waals surface area (Å²) in [7, 11) is 0. The van der Waals surface area contributed by atoms with Crippen LogP contribution in [0.3, 0.4) is 0 Å². The predicted molar refractivity (Wildman–Crippen MR) is 114 cm³/mol. The molecule has 0 N–H and O–H groups in total. The van der Waals surface area contributed by atoms with Crippen LogP contribution in [0.15, 0.2) is 67.0 Å². The van der Waals surface area contributed by atoms with Gasteiger partial charge in [-0.15, -0.1) is 0 Å². The van der Waals surface area contributed by atoms with Crippen molar-refractivity contribution in [3.63, 3.8) is 0 Å². The van der Waals surface area contributed by atoms with E-state index in [4.69, 9.17) is 4.74 Å². The number of rotatable bonds is 4. The molecule has 6 rings (SSSR count). The molecule has 2 amide bonds. The molecule has 158 valence electrons. The van der Waals surface area contributed by atoms with Crippen LogP contribution < -0.4 is 0 Å². The van der Waals surface area contributed by atoms with Crippen LogP contribution >= 0.6 is 0 Å². The highest BCUT2D eigenvalue weighted by atomic mass is 16.5. The first kappa shape index (κ1) is 18.8. The van der Waals surface area contributed by atoms with Crippen molar-refractivity contribution in [2.45, 2.75) is 37.1 Å². The smallest absolute Gasteiger partial charge is 0.230 e. The van der Waals surface area contributed by atoms with E-state index in [1.165, 1.54) is 5.56 Å². The Morgan fingerprint density at radius 2 is 2.06 bits per heavy atom. The van der Waals surface area contributed by atoms with Gasteiger partial charge in [-0.05, 0) is 30.0 Å². The van der Waals surface area contributed by atoms with E-state index in [0.717, 1.165) is 24.9 Å². The van der Waals surface area contributed by atoms with E-state index in [0.29, 0.717) is 13.1 Å². The molecular weight excluding hydrogens is 390 g/mol. The van der Waals surface area contributed by atoms with Crippen LogP contribution in [0.2, 0.25) is 0 Å². The van der Waals surface area contributed by atoms with Gasteiger partial charge < -0.3 is 14.5 Å². The minimum absolute atomic E-state index is 0.0181. The molecule has 1 aromatic carbocycles. The molecule has 0 saturated carbocycles. The van der Waals surface area contributed by atoms with Crippen molar-refractivity contribution in [2.24, 2.45) is 11.8 Å². The molecule has 0 radical (unpaired) electrons. The van der Waals surface area contributed by atoms with E-state index in [9.17, 15) is 9.59 Å². The van der Waals surface area contributed by atoms with Crippen LogP contribution in [0.1, 0.15) is 30.0 Å². The summed E-state index contributed by atoms with van der Waals surface area (Å²) in [5.74, 6) is -0.807. The Kier molecular flexibility index (Phi) is 4.25. The SMILES string of the molecule is O=C1[C@H]2[C@H](C(=O)N3CCC[C@@H]3c3ccccc3)[C@@H]3C=C[C@@]2(CN1Cc1cccnc1)O3. The molecule has 3 fully saturated rings. The maximum atomic E-state index is 13.8. The number of benzene rings is 1. The van der Waals surface area contributed by atoms with Gasteiger partial charge in [0.05, 0.1) is 30.5 Å². The number of nitrogens with zero attached hydrogens (tertiary/aromatic N) is 3. The van der Waals surface area contributed by atoms with Crippen molar-refractivity contribution in [3.05, 3.63) is 78.1 Å². The number of amides is 2. The zero-order valence-corrected chi connectivity index (χ0v) is 17.3. The van der Waals surface area contributed by atoms with Gasteiger partial charge in [-0.2, -0.15) is 0 Å². The molecule has 5 heterocycles.